The van der Waals surface area contributed by atoms with Gasteiger partial charge in [0.15, 0.2) is 0 Å². The van der Waals surface area contributed by atoms with Crippen molar-refractivity contribution in [1.82, 2.24) is 10.3 Å². The zero-order chi connectivity index (χ0) is 15.8. The van der Waals surface area contributed by atoms with Crippen LogP contribution in [-0.2, 0) is 15.1 Å². The fourth-order valence-corrected chi connectivity index (χ4v) is 3.69. The standard InChI is InChI=1S/C13H17BrN2O4S/c1-12(2,3)20-11(19)16-13(4-7(5-13)9(17)18)10-15-8(14)6-21-10/h6-7H,4-5H2,1-3H3,(H,16,19)(H,17,18). The van der Waals surface area contributed by atoms with E-state index in [9.17, 15) is 9.59 Å². The van der Waals surface area contributed by atoms with E-state index in [2.05, 4.69) is 26.2 Å². The SMILES string of the molecule is CC(C)(C)OC(=O)NC1(c2nc(Br)cs2)CC(C(=O)O)C1. The number of aromatic nitrogens is 1. The largest absolute Gasteiger partial charge is 0.481 e. The van der Waals surface area contributed by atoms with Gasteiger partial charge < -0.3 is 15.2 Å². The number of hydrogen-bond acceptors (Lipinski definition) is 5. The molecule has 21 heavy (non-hydrogen) atoms. The first-order valence-electron chi connectivity index (χ1n) is 6.47. The minimum Gasteiger partial charge on any atom is -0.481 e. The number of carbonyl (C=O) groups excluding carboxylic acids is 1. The molecule has 1 heterocycles. The molecule has 1 aromatic rings. The van der Waals surface area contributed by atoms with Crippen LogP contribution in [0.2, 0.25) is 0 Å². The number of nitrogens with one attached hydrogen (secondary N) is 1. The van der Waals surface area contributed by atoms with Gasteiger partial charge in [-0.2, -0.15) is 0 Å². The van der Waals surface area contributed by atoms with Gasteiger partial charge in [-0.25, -0.2) is 9.78 Å². The molecule has 1 aliphatic rings. The topological polar surface area (TPSA) is 88.5 Å². The molecule has 0 aromatic carbocycles. The fourth-order valence-electron chi connectivity index (χ4n) is 2.26. The molecule has 1 amide bonds. The van der Waals surface area contributed by atoms with Crippen molar-refractivity contribution in [3.8, 4) is 0 Å². The van der Waals surface area contributed by atoms with E-state index in [0.29, 0.717) is 22.5 Å². The van der Waals surface area contributed by atoms with Gasteiger partial charge in [-0.1, -0.05) is 0 Å². The summed E-state index contributed by atoms with van der Waals surface area (Å²) in [7, 11) is 0. The van der Waals surface area contributed by atoms with Crippen LogP contribution in [0.1, 0.15) is 38.6 Å². The van der Waals surface area contributed by atoms with Crippen molar-refractivity contribution in [1.29, 1.82) is 0 Å². The zero-order valence-corrected chi connectivity index (χ0v) is 14.4. The predicted molar refractivity (Wildman–Crippen MR) is 81.2 cm³/mol. The first-order chi connectivity index (χ1) is 9.61. The highest BCUT2D eigenvalue weighted by atomic mass is 79.9. The Bertz CT molecular complexity index is 561. The summed E-state index contributed by atoms with van der Waals surface area (Å²) >= 11 is 4.66. The molecule has 1 fully saturated rings. The molecule has 0 saturated heterocycles. The number of hydrogen-bond donors (Lipinski definition) is 2. The lowest BCUT2D eigenvalue weighted by Crippen LogP contribution is -2.57. The van der Waals surface area contributed by atoms with Crippen molar-refractivity contribution < 1.29 is 19.4 Å². The number of nitrogens with zero attached hydrogens (tertiary/aromatic N) is 1. The molecule has 0 atom stereocenters. The minimum absolute atomic E-state index is 0.321. The zero-order valence-electron chi connectivity index (χ0n) is 12.0. The molecule has 0 aliphatic heterocycles. The number of ether oxygens (including phenoxy) is 1. The molecule has 0 radical (unpaired) electrons. The van der Waals surface area contributed by atoms with Crippen LogP contribution in [0.3, 0.4) is 0 Å². The Kier molecular flexibility index (Phi) is 4.30. The molecule has 1 aromatic heterocycles. The van der Waals surface area contributed by atoms with E-state index in [1.54, 1.807) is 20.8 Å². The fraction of sp³-hybridized carbons (Fsp3) is 0.615. The number of thiazole rings is 1. The second-order valence-corrected chi connectivity index (χ2v) is 7.80. The van der Waals surface area contributed by atoms with Crippen molar-refractivity contribution >= 4 is 39.3 Å². The summed E-state index contributed by atoms with van der Waals surface area (Å²) in [6.07, 6.45) is 0.0842. The van der Waals surface area contributed by atoms with E-state index in [4.69, 9.17) is 9.84 Å². The monoisotopic (exact) mass is 376 g/mol. The van der Waals surface area contributed by atoms with Gasteiger partial charge in [0.25, 0.3) is 0 Å². The van der Waals surface area contributed by atoms with Crippen LogP contribution in [0.4, 0.5) is 4.79 Å². The first kappa shape index (κ1) is 16.2. The minimum atomic E-state index is -0.854. The van der Waals surface area contributed by atoms with E-state index in [-0.39, 0.29) is 0 Å². The summed E-state index contributed by atoms with van der Waals surface area (Å²) in [5, 5.41) is 14.4. The van der Waals surface area contributed by atoms with Gasteiger partial charge in [0, 0.05) is 5.38 Å². The van der Waals surface area contributed by atoms with Crippen LogP contribution >= 0.6 is 27.3 Å². The third-order valence-electron chi connectivity index (χ3n) is 3.16. The molecule has 8 heteroatoms. The van der Waals surface area contributed by atoms with Crippen molar-refractivity contribution in [2.24, 2.45) is 5.92 Å². The van der Waals surface area contributed by atoms with Crippen LogP contribution in [0, 0.1) is 5.92 Å². The maximum Gasteiger partial charge on any atom is 0.408 e. The van der Waals surface area contributed by atoms with Gasteiger partial charge in [-0.15, -0.1) is 11.3 Å². The molecule has 116 valence electrons. The Balaban J connectivity index is 2.15. The number of amides is 1. The molecule has 0 spiro atoms. The Morgan fingerprint density at radius 1 is 1.52 bits per heavy atom. The van der Waals surface area contributed by atoms with E-state index < -0.39 is 29.1 Å². The molecular formula is C13H17BrN2O4S. The summed E-state index contributed by atoms with van der Waals surface area (Å²) in [6.45, 7) is 5.33. The van der Waals surface area contributed by atoms with E-state index >= 15 is 0 Å². The van der Waals surface area contributed by atoms with Gasteiger partial charge in [-0.05, 0) is 49.5 Å². The lowest BCUT2D eigenvalue weighted by molar-refractivity contribution is -0.148. The summed E-state index contributed by atoms with van der Waals surface area (Å²) in [5.74, 6) is -1.32. The number of aliphatic carboxylic acids is 1. The summed E-state index contributed by atoms with van der Waals surface area (Å²) in [4.78, 5) is 27.4. The van der Waals surface area contributed by atoms with E-state index in [1.807, 2.05) is 5.38 Å². The number of alkyl carbamates (subject to hydrolysis) is 1. The molecule has 2 rings (SSSR count). The number of carbonyl (C=O) groups is 2. The summed E-state index contributed by atoms with van der Waals surface area (Å²) in [5.41, 5.74) is -1.35. The average Bonchev–Trinajstić information content (AvgIpc) is 2.66. The number of carboxylic acid groups (broad SMARTS) is 1. The van der Waals surface area contributed by atoms with Crippen molar-refractivity contribution in [2.75, 3.05) is 0 Å². The quantitative estimate of drug-likeness (QED) is 0.845. The van der Waals surface area contributed by atoms with Gasteiger partial charge in [0.2, 0.25) is 0 Å². The maximum atomic E-state index is 12.0. The highest BCUT2D eigenvalue weighted by Gasteiger charge is 2.52. The Morgan fingerprint density at radius 2 is 2.14 bits per heavy atom. The Hall–Kier alpha value is -1.15. The van der Waals surface area contributed by atoms with Crippen LogP contribution in [-0.4, -0.2) is 27.8 Å². The van der Waals surface area contributed by atoms with Crippen LogP contribution in [0.25, 0.3) is 0 Å². The van der Waals surface area contributed by atoms with Crippen molar-refractivity contribution in [3.05, 3.63) is 15.0 Å². The van der Waals surface area contributed by atoms with E-state index in [1.165, 1.54) is 11.3 Å². The third kappa shape index (κ3) is 3.74. The Labute approximate surface area is 135 Å². The molecule has 2 N–H and O–H groups in total. The molecule has 1 aliphatic carbocycles. The van der Waals surface area contributed by atoms with Gasteiger partial charge in [0.05, 0.1) is 11.5 Å². The lowest BCUT2D eigenvalue weighted by Gasteiger charge is -2.44. The highest BCUT2D eigenvalue weighted by molar-refractivity contribution is 9.10. The molecule has 0 unspecified atom stereocenters. The lowest BCUT2D eigenvalue weighted by atomic mass is 9.68. The second-order valence-electron chi connectivity index (χ2n) is 6.13. The predicted octanol–water partition coefficient (Wildman–Crippen LogP) is 3.12. The van der Waals surface area contributed by atoms with Gasteiger partial charge in [0.1, 0.15) is 15.2 Å². The average molecular weight is 377 g/mol. The van der Waals surface area contributed by atoms with Crippen LogP contribution < -0.4 is 5.32 Å². The molecule has 0 bridgehead atoms. The van der Waals surface area contributed by atoms with Gasteiger partial charge in [-0.3, -0.25) is 4.79 Å². The third-order valence-corrected chi connectivity index (χ3v) is 4.92. The maximum absolute atomic E-state index is 12.0. The number of carboxylic acids is 1. The smallest absolute Gasteiger partial charge is 0.408 e. The normalized spacial score (nSPS) is 25.0. The number of rotatable bonds is 3. The van der Waals surface area contributed by atoms with Crippen molar-refractivity contribution in [3.63, 3.8) is 0 Å². The first-order valence-corrected chi connectivity index (χ1v) is 8.14. The number of halogens is 1. The van der Waals surface area contributed by atoms with Crippen LogP contribution in [0.5, 0.6) is 0 Å². The van der Waals surface area contributed by atoms with Crippen LogP contribution in [0.15, 0.2) is 9.98 Å². The van der Waals surface area contributed by atoms with Crippen molar-refractivity contribution in [2.45, 2.75) is 44.8 Å². The Morgan fingerprint density at radius 3 is 2.57 bits per heavy atom. The summed E-state index contributed by atoms with van der Waals surface area (Å²) in [6, 6.07) is 0. The van der Waals surface area contributed by atoms with Gasteiger partial charge >= 0.3 is 12.1 Å². The highest BCUT2D eigenvalue weighted by Crippen LogP contribution is 2.47. The molecule has 6 nitrogen and oxygen atoms in total. The van der Waals surface area contributed by atoms with E-state index in [0.717, 1.165) is 0 Å². The second kappa shape index (κ2) is 5.57. The molecular weight excluding hydrogens is 360 g/mol. The molecule has 1 saturated carbocycles. The summed E-state index contributed by atoms with van der Waals surface area (Å²) < 4.78 is 5.93.